The first kappa shape index (κ1) is 19.9. The molecule has 2 N–H and O–H groups in total. The third-order valence-electron chi connectivity index (χ3n) is 7.32. The van der Waals surface area contributed by atoms with Gasteiger partial charge in [0, 0.05) is 13.1 Å². The summed E-state index contributed by atoms with van der Waals surface area (Å²) in [5.74, 6) is 2.07. The Kier molecular flexibility index (Phi) is 5.84. The lowest BCUT2D eigenvalue weighted by molar-refractivity contribution is -0.0240. The van der Waals surface area contributed by atoms with Crippen LogP contribution in [0.3, 0.4) is 0 Å². The minimum absolute atomic E-state index is 0.333. The summed E-state index contributed by atoms with van der Waals surface area (Å²) < 4.78 is 0. The molecule has 0 heterocycles. The molecule has 0 bridgehead atoms. The van der Waals surface area contributed by atoms with Gasteiger partial charge in [-0.15, -0.1) is 0 Å². The van der Waals surface area contributed by atoms with E-state index in [1.807, 2.05) is 6.92 Å². The molecule has 1 aromatic rings. The smallest absolute Gasteiger partial charge is 0.0771 e. The minimum Gasteiger partial charge on any atom is -0.389 e. The van der Waals surface area contributed by atoms with Crippen LogP contribution >= 0.6 is 0 Å². The molecule has 0 amide bonds. The molecular weight excluding hydrogens is 318 g/mol. The molecule has 0 radical (unpaired) electrons. The molecule has 26 heavy (non-hydrogen) atoms. The van der Waals surface area contributed by atoms with Crippen molar-refractivity contribution in [3.63, 3.8) is 0 Å². The monoisotopic (exact) mass is 357 g/mol. The van der Waals surface area contributed by atoms with Gasteiger partial charge in [0.15, 0.2) is 0 Å². The zero-order valence-electron chi connectivity index (χ0n) is 17.6. The summed E-state index contributed by atoms with van der Waals surface area (Å²) in [4.78, 5) is 0. The van der Waals surface area contributed by atoms with E-state index >= 15 is 0 Å². The minimum atomic E-state index is -0.597. The van der Waals surface area contributed by atoms with Gasteiger partial charge in [0.25, 0.3) is 0 Å². The van der Waals surface area contributed by atoms with E-state index in [-0.39, 0.29) is 0 Å². The number of rotatable bonds is 6. The van der Waals surface area contributed by atoms with Crippen LogP contribution < -0.4 is 5.32 Å². The number of hydrogen-bond acceptors (Lipinski definition) is 2. The normalized spacial score (nSPS) is 27.3. The first-order chi connectivity index (χ1) is 12.2. The summed E-state index contributed by atoms with van der Waals surface area (Å²) in [6.45, 7) is 12.9. The zero-order valence-corrected chi connectivity index (χ0v) is 17.6. The van der Waals surface area contributed by atoms with Crippen molar-refractivity contribution in [1.29, 1.82) is 0 Å². The Morgan fingerprint density at radius 3 is 2.54 bits per heavy atom. The van der Waals surface area contributed by atoms with Gasteiger partial charge in [-0.05, 0) is 85.3 Å². The van der Waals surface area contributed by atoms with Crippen LogP contribution in [-0.2, 0) is 18.4 Å². The van der Waals surface area contributed by atoms with E-state index < -0.39 is 5.60 Å². The average molecular weight is 358 g/mol. The highest BCUT2D eigenvalue weighted by molar-refractivity contribution is 5.40. The Morgan fingerprint density at radius 2 is 1.88 bits per heavy atom. The summed E-state index contributed by atoms with van der Waals surface area (Å²) in [7, 11) is 0. The number of benzene rings is 1. The van der Waals surface area contributed by atoms with Crippen molar-refractivity contribution >= 4 is 0 Å². The molecule has 1 atom stereocenters. The maximum atomic E-state index is 11.0. The molecule has 2 nitrogen and oxygen atoms in total. The summed E-state index contributed by atoms with van der Waals surface area (Å²) in [5.41, 5.74) is 4.13. The van der Waals surface area contributed by atoms with E-state index in [9.17, 15) is 5.11 Å². The second-order valence-corrected chi connectivity index (χ2v) is 10.2. The van der Waals surface area contributed by atoms with Crippen LogP contribution in [0, 0.1) is 17.8 Å². The van der Waals surface area contributed by atoms with Crippen molar-refractivity contribution in [2.75, 3.05) is 6.54 Å². The second-order valence-electron chi connectivity index (χ2n) is 10.2. The van der Waals surface area contributed by atoms with Crippen molar-refractivity contribution in [2.24, 2.45) is 17.8 Å². The third kappa shape index (κ3) is 4.34. The lowest BCUT2D eigenvalue weighted by Crippen LogP contribution is -2.45. The molecule has 1 saturated carbocycles. The van der Waals surface area contributed by atoms with E-state index in [0.29, 0.717) is 17.9 Å². The van der Waals surface area contributed by atoms with Gasteiger partial charge in [-0.3, -0.25) is 0 Å². The van der Waals surface area contributed by atoms with Crippen molar-refractivity contribution in [3.05, 3.63) is 34.9 Å². The summed E-state index contributed by atoms with van der Waals surface area (Å²) >= 11 is 0. The van der Waals surface area contributed by atoms with Gasteiger partial charge in [0.05, 0.1) is 5.60 Å². The van der Waals surface area contributed by atoms with E-state index in [2.05, 4.69) is 51.2 Å². The molecule has 0 spiro atoms. The number of aliphatic hydroxyl groups is 1. The van der Waals surface area contributed by atoms with E-state index in [4.69, 9.17) is 0 Å². The SMILES string of the molecule is CC(C)C1CCC(C(C)(O)CNCc2ccc3c(c2)CCC3(C)C)CC1. The highest BCUT2D eigenvalue weighted by Crippen LogP contribution is 2.39. The van der Waals surface area contributed by atoms with Crippen LogP contribution in [0.1, 0.15) is 83.4 Å². The standard InChI is InChI=1S/C24H39NO/c1-17(2)19-7-9-21(10-8-19)24(5,26)16-25-15-18-6-11-22-20(14-18)12-13-23(22,3)4/h6,11,14,17,19,21,25-26H,7-10,12-13,15-16H2,1-5H3. The van der Waals surface area contributed by atoms with Crippen LogP contribution in [0.15, 0.2) is 18.2 Å². The Labute approximate surface area is 160 Å². The van der Waals surface area contributed by atoms with Gasteiger partial charge < -0.3 is 10.4 Å². The fourth-order valence-electron chi connectivity index (χ4n) is 5.22. The molecule has 3 rings (SSSR count). The zero-order chi connectivity index (χ0) is 18.9. The summed E-state index contributed by atoms with van der Waals surface area (Å²) in [5, 5.41) is 14.5. The van der Waals surface area contributed by atoms with Crippen molar-refractivity contribution in [1.82, 2.24) is 5.32 Å². The van der Waals surface area contributed by atoms with Crippen molar-refractivity contribution < 1.29 is 5.11 Å². The largest absolute Gasteiger partial charge is 0.389 e. The molecule has 0 aromatic heterocycles. The fraction of sp³-hybridized carbons (Fsp3) is 0.750. The van der Waals surface area contributed by atoms with Crippen LogP contribution in [0.2, 0.25) is 0 Å². The number of fused-ring (bicyclic) bond motifs is 1. The summed E-state index contributed by atoms with van der Waals surface area (Å²) in [6, 6.07) is 6.96. The maximum Gasteiger partial charge on any atom is 0.0771 e. The Morgan fingerprint density at radius 1 is 1.19 bits per heavy atom. The molecule has 0 aliphatic heterocycles. The lowest BCUT2D eigenvalue weighted by atomic mass is 9.71. The average Bonchev–Trinajstić information content (AvgIpc) is 2.89. The first-order valence-electron chi connectivity index (χ1n) is 10.7. The van der Waals surface area contributed by atoms with Gasteiger partial charge >= 0.3 is 0 Å². The van der Waals surface area contributed by atoms with Gasteiger partial charge in [-0.2, -0.15) is 0 Å². The number of aryl methyl sites for hydroxylation is 1. The Bertz CT molecular complexity index is 609. The van der Waals surface area contributed by atoms with Crippen LogP contribution in [-0.4, -0.2) is 17.3 Å². The molecule has 0 saturated heterocycles. The van der Waals surface area contributed by atoms with Gasteiger partial charge in [-0.25, -0.2) is 0 Å². The predicted molar refractivity (Wildman–Crippen MR) is 110 cm³/mol. The Hall–Kier alpha value is -0.860. The Balaban J connectivity index is 1.50. The first-order valence-corrected chi connectivity index (χ1v) is 10.7. The van der Waals surface area contributed by atoms with Crippen LogP contribution in [0.5, 0.6) is 0 Å². The highest BCUT2D eigenvalue weighted by Gasteiger charge is 2.35. The number of hydrogen-bond donors (Lipinski definition) is 2. The van der Waals surface area contributed by atoms with E-state index in [1.54, 1.807) is 0 Å². The highest BCUT2D eigenvalue weighted by atomic mass is 16.3. The molecule has 146 valence electrons. The van der Waals surface area contributed by atoms with Crippen LogP contribution in [0.25, 0.3) is 0 Å². The van der Waals surface area contributed by atoms with Gasteiger partial charge in [0.1, 0.15) is 0 Å². The van der Waals surface area contributed by atoms with E-state index in [0.717, 1.165) is 18.4 Å². The molecule has 1 unspecified atom stereocenters. The van der Waals surface area contributed by atoms with Crippen LogP contribution in [0.4, 0.5) is 0 Å². The quantitative estimate of drug-likeness (QED) is 0.732. The molecule has 2 aliphatic carbocycles. The fourth-order valence-corrected chi connectivity index (χ4v) is 5.22. The summed E-state index contributed by atoms with van der Waals surface area (Å²) in [6.07, 6.45) is 7.36. The van der Waals surface area contributed by atoms with E-state index in [1.165, 1.54) is 55.2 Å². The molecule has 1 fully saturated rings. The molecule has 1 aromatic carbocycles. The van der Waals surface area contributed by atoms with Crippen molar-refractivity contribution in [3.8, 4) is 0 Å². The number of nitrogens with one attached hydrogen (secondary N) is 1. The van der Waals surface area contributed by atoms with Gasteiger partial charge in [0.2, 0.25) is 0 Å². The molecule has 2 heteroatoms. The molecular formula is C24H39NO. The van der Waals surface area contributed by atoms with Gasteiger partial charge in [-0.1, -0.05) is 45.9 Å². The maximum absolute atomic E-state index is 11.0. The van der Waals surface area contributed by atoms with Crippen molar-refractivity contribution in [2.45, 2.75) is 90.7 Å². The lowest BCUT2D eigenvalue weighted by Gasteiger charge is -2.39. The second kappa shape index (κ2) is 7.64. The predicted octanol–water partition coefficient (Wildman–Crippen LogP) is 5.21. The topological polar surface area (TPSA) is 32.3 Å². The third-order valence-corrected chi connectivity index (χ3v) is 7.32. The molecule has 2 aliphatic rings.